The second-order valence-corrected chi connectivity index (χ2v) is 9.16. The van der Waals surface area contributed by atoms with Crippen molar-refractivity contribution in [2.24, 2.45) is 0 Å². The van der Waals surface area contributed by atoms with Gasteiger partial charge < -0.3 is 10.0 Å². The maximum absolute atomic E-state index is 13.3. The van der Waals surface area contributed by atoms with Crippen molar-refractivity contribution in [3.8, 4) is 0 Å². The number of rotatable bonds is 4. The van der Waals surface area contributed by atoms with E-state index < -0.39 is 17.7 Å². The summed E-state index contributed by atoms with van der Waals surface area (Å²) >= 11 is 0. The average Bonchev–Trinajstić information content (AvgIpc) is 3.47. The Balaban J connectivity index is 1.63. The van der Waals surface area contributed by atoms with Crippen molar-refractivity contribution >= 4 is 28.8 Å². The Morgan fingerprint density at radius 3 is 2.12 bits per heavy atom. The highest BCUT2D eigenvalue weighted by molar-refractivity contribution is 6.51. The molecule has 3 aromatic carbocycles. The summed E-state index contributed by atoms with van der Waals surface area (Å²) in [5, 5.41) is 11.2. The molecule has 0 spiro atoms. The molecule has 5 rings (SSSR count). The number of aliphatic hydroxyl groups excluding tert-OH is 1. The second kappa shape index (κ2) is 8.82. The summed E-state index contributed by atoms with van der Waals surface area (Å²) < 4.78 is 0. The molecule has 3 aromatic rings. The van der Waals surface area contributed by atoms with Gasteiger partial charge in [0.1, 0.15) is 5.76 Å². The molecule has 1 N–H and O–H groups in total. The van der Waals surface area contributed by atoms with E-state index in [2.05, 4.69) is 4.90 Å². The van der Waals surface area contributed by atoms with E-state index in [1.165, 1.54) is 17.7 Å². The molecule has 0 aliphatic carbocycles. The Hall–Kier alpha value is -3.86. The van der Waals surface area contributed by atoms with Crippen LogP contribution in [-0.2, 0) is 9.59 Å². The monoisotopic (exact) mass is 452 g/mol. The number of Topliss-reactive ketones (excluding diaryl/α,β-unsaturated/α-hetero) is 1. The van der Waals surface area contributed by atoms with Crippen molar-refractivity contribution in [2.45, 2.75) is 32.7 Å². The molecule has 0 bridgehead atoms. The molecule has 2 saturated heterocycles. The van der Waals surface area contributed by atoms with Gasteiger partial charge in [-0.2, -0.15) is 0 Å². The lowest BCUT2D eigenvalue weighted by Crippen LogP contribution is -2.29. The molecule has 34 heavy (non-hydrogen) atoms. The normalized spacial score (nSPS) is 19.8. The second-order valence-electron chi connectivity index (χ2n) is 9.16. The van der Waals surface area contributed by atoms with E-state index in [-0.39, 0.29) is 11.3 Å². The Kier molecular flexibility index (Phi) is 5.70. The van der Waals surface area contributed by atoms with Crippen LogP contribution in [0.5, 0.6) is 0 Å². The maximum atomic E-state index is 13.3. The summed E-state index contributed by atoms with van der Waals surface area (Å²) in [6, 6.07) is 22.1. The highest BCUT2D eigenvalue weighted by Crippen LogP contribution is 2.42. The summed E-state index contributed by atoms with van der Waals surface area (Å²) in [5.74, 6) is -1.46. The fourth-order valence-electron chi connectivity index (χ4n) is 4.92. The number of anilines is 2. The topological polar surface area (TPSA) is 60.9 Å². The van der Waals surface area contributed by atoms with Crippen LogP contribution in [0.15, 0.2) is 78.4 Å². The van der Waals surface area contributed by atoms with Crippen molar-refractivity contribution in [1.82, 2.24) is 0 Å². The standard InChI is InChI=1S/C29H28N2O3/c1-19-8-10-21(11-9-19)27(32)25-26(22-7-5-6-20(2)18-22)31(29(34)28(25)33)24-14-12-23(13-15-24)30-16-3-4-17-30/h5-15,18,26,32H,3-4,16-17H2,1-2H3/b27-25+. The van der Waals surface area contributed by atoms with Crippen molar-refractivity contribution in [3.05, 3.63) is 101 Å². The number of benzene rings is 3. The molecule has 1 atom stereocenters. The molecule has 2 aliphatic rings. The maximum Gasteiger partial charge on any atom is 0.300 e. The number of hydrogen-bond donors (Lipinski definition) is 1. The van der Waals surface area contributed by atoms with Gasteiger partial charge in [0.15, 0.2) is 0 Å². The van der Waals surface area contributed by atoms with Crippen LogP contribution in [0.1, 0.15) is 41.1 Å². The van der Waals surface area contributed by atoms with Gasteiger partial charge in [0.05, 0.1) is 11.6 Å². The van der Waals surface area contributed by atoms with E-state index in [0.29, 0.717) is 11.3 Å². The third-order valence-electron chi connectivity index (χ3n) is 6.73. The predicted molar refractivity (Wildman–Crippen MR) is 135 cm³/mol. The number of amides is 1. The molecule has 1 unspecified atom stereocenters. The van der Waals surface area contributed by atoms with E-state index in [0.717, 1.165) is 35.5 Å². The van der Waals surface area contributed by atoms with Gasteiger partial charge in [0.25, 0.3) is 11.7 Å². The fraction of sp³-hybridized carbons (Fsp3) is 0.241. The molecular weight excluding hydrogens is 424 g/mol. The van der Waals surface area contributed by atoms with Crippen LogP contribution < -0.4 is 9.80 Å². The molecular formula is C29H28N2O3. The smallest absolute Gasteiger partial charge is 0.300 e. The highest BCUT2D eigenvalue weighted by Gasteiger charge is 2.47. The van der Waals surface area contributed by atoms with Crippen LogP contribution in [0.4, 0.5) is 11.4 Å². The Bertz CT molecular complexity index is 1270. The molecule has 0 aromatic heterocycles. The zero-order valence-corrected chi connectivity index (χ0v) is 19.5. The first-order valence-corrected chi connectivity index (χ1v) is 11.7. The van der Waals surface area contributed by atoms with E-state index >= 15 is 0 Å². The van der Waals surface area contributed by atoms with Crippen molar-refractivity contribution < 1.29 is 14.7 Å². The van der Waals surface area contributed by atoms with Crippen LogP contribution in [0.25, 0.3) is 5.76 Å². The lowest BCUT2D eigenvalue weighted by molar-refractivity contribution is -0.132. The predicted octanol–water partition coefficient (Wildman–Crippen LogP) is 5.53. The first kappa shape index (κ1) is 22.0. The van der Waals surface area contributed by atoms with Crippen LogP contribution in [0.3, 0.4) is 0 Å². The van der Waals surface area contributed by atoms with Gasteiger partial charge in [0, 0.05) is 30.0 Å². The number of carbonyl (C=O) groups excluding carboxylic acids is 2. The molecule has 1 amide bonds. The van der Waals surface area contributed by atoms with Gasteiger partial charge in [-0.1, -0.05) is 59.7 Å². The van der Waals surface area contributed by atoms with E-state index in [9.17, 15) is 14.7 Å². The third-order valence-corrected chi connectivity index (χ3v) is 6.73. The molecule has 2 aliphatic heterocycles. The van der Waals surface area contributed by atoms with Gasteiger partial charge in [0.2, 0.25) is 0 Å². The average molecular weight is 453 g/mol. The number of nitrogens with zero attached hydrogens (tertiary/aromatic N) is 2. The number of ketones is 1. The van der Waals surface area contributed by atoms with Gasteiger partial charge in [-0.15, -0.1) is 0 Å². The summed E-state index contributed by atoms with van der Waals surface area (Å²) in [6.45, 7) is 6.00. The van der Waals surface area contributed by atoms with Crippen LogP contribution in [0, 0.1) is 13.8 Å². The number of hydrogen-bond acceptors (Lipinski definition) is 4. The summed E-state index contributed by atoms with van der Waals surface area (Å²) in [4.78, 5) is 30.5. The minimum Gasteiger partial charge on any atom is -0.507 e. The molecule has 0 saturated carbocycles. The lowest BCUT2D eigenvalue weighted by Gasteiger charge is -2.26. The number of aliphatic hydroxyl groups is 1. The zero-order valence-electron chi connectivity index (χ0n) is 19.5. The van der Waals surface area contributed by atoms with E-state index in [1.54, 1.807) is 12.1 Å². The summed E-state index contributed by atoms with van der Waals surface area (Å²) in [5.41, 5.74) is 5.24. The third kappa shape index (κ3) is 3.87. The van der Waals surface area contributed by atoms with Gasteiger partial charge in [-0.25, -0.2) is 0 Å². The van der Waals surface area contributed by atoms with E-state index in [4.69, 9.17) is 0 Å². The van der Waals surface area contributed by atoms with Crippen LogP contribution in [-0.4, -0.2) is 29.9 Å². The summed E-state index contributed by atoms with van der Waals surface area (Å²) in [6.07, 6.45) is 2.37. The Morgan fingerprint density at radius 1 is 0.824 bits per heavy atom. The van der Waals surface area contributed by atoms with Gasteiger partial charge in [-0.05, 0) is 56.5 Å². The lowest BCUT2D eigenvalue weighted by atomic mass is 9.94. The molecule has 2 fully saturated rings. The van der Waals surface area contributed by atoms with Gasteiger partial charge >= 0.3 is 0 Å². The molecule has 0 radical (unpaired) electrons. The Labute approximate surface area is 199 Å². The first-order valence-electron chi connectivity index (χ1n) is 11.7. The SMILES string of the molecule is Cc1ccc(/C(O)=C2\C(=O)C(=O)N(c3ccc(N4CCCC4)cc3)C2c2cccc(C)c2)cc1. The first-order chi connectivity index (χ1) is 16.4. The minimum absolute atomic E-state index is 0.114. The summed E-state index contributed by atoms with van der Waals surface area (Å²) in [7, 11) is 0. The van der Waals surface area contributed by atoms with Crippen LogP contribution in [0.2, 0.25) is 0 Å². The van der Waals surface area contributed by atoms with Crippen molar-refractivity contribution in [2.75, 3.05) is 22.9 Å². The largest absolute Gasteiger partial charge is 0.507 e. The number of carbonyl (C=O) groups is 2. The van der Waals surface area contributed by atoms with Crippen LogP contribution >= 0.6 is 0 Å². The molecule has 172 valence electrons. The quantitative estimate of drug-likeness (QED) is 0.321. The van der Waals surface area contributed by atoms with Gasteiger partial charge in [-0.3, -0.25) is 14.5 Å². The van der Waals surface area contributed by atoms with Crippen molar-refractivity contribution in [1.29, 1.82) is 0 Å². The molecule has 2 heterocycles. The zero-order chi connectivity index (χ0) is 23.8. The fourth-order valence-corrected chi connectivity index (χ4v) is 4.92. The highest BCUT2D eigenvalue weighted by atomic mass is 16.3. The minimum atomic E-state index is -0.709. The van der Waals surface area contributed by atoms with E-state index in [1.807, 2.05) is 74.5 Å². The van der Waals surface area contributed by atoms with Crippen molar-refractivity contribution in [3.63, 3.8) is 0 Å². The number of aryl methyl sites for hydroxylation is 2. The Morgan fingerprint density at radius 2 is 1.47 bits per heavy atom. The molecule has 5 heteroatoms. The molecule has 5 nitrogen and oxygen atoms in total.